The third kappa shape index (κ3) is 10.3. The molecule has 18 nitrogen and oxygen atoms in total. The van der Waals surface area contributed by atoms with E-state index in [1.165, 1.54) is 12.4 Å². The Morgan fingerprint density at radius 2 is 1.57 bits per heavy atom. The van der Waals surface area contributed by atoms with Crippen LogP contribution in [0, 0.1) is 10.1 Å². The van der Waals surface area contributed by atoms with Crippen molar-refractivity contribution in [1.29, 1.82) is 0 Å². The number of nitro groups is 1. The van der Waals surface area contributed by atoms with Crippen LogP contribution in [0.3, 0.4) is 0 Å². The highest BCUT2D eigenvalue weighted by molar-refractivity contribution is 5.93. The number of hydrogen-bond donors (Lipinski definition) is 2. The van der Waals surface area contributed by atoms with Gasteiger partial charge in [0.05, 0.1) is 22.2 Å². The van der Waals surface area contributed by atoms with Gasteiger partial charge in [-0.25, -0.2) is 9.61 Å². The van der Waals surface area contributed by atoms with Crippen molar-refractivity contribution in [3.63, 3.8) is 0 Å². The van der Waals surface area contributed by atoms with Gasteiger partial charge < -0.3 is 29.6 Å². The number of nitro benzene ring substituents is 1. The zero-order chi connectivity index (χ0) is 42.0. The molecule has 316 valence electrons. The Kier molecular flexibility index (Phi) is 13.0. The monoisotopic (exact) mass is 829 g/mol. The molecule has 0 radical (unpaired) electrons. The number of likely N-dealkylation sites (tertiary alicyclic amines) is 1. The Bertz CT molecular complexity index is 2460. The van der Waals surface area contributed by atoms with Crippen molar-refractivity contribution in [3.8, 4) is 23.1 Å². The SMILES string of the molecule is O=C(CCCCCNc1ccc([N+](=O)[O-])c2nonc12)NCCN1CCN(CC=CC(=O)N2CC(n3ccc4ncnc(Oc5ccc(Oc6ccccc6)cc5)c43)C2)CC1. The molecule has 0 aliphatic carbocycles. The first-order chi connectivity index (χ1) is 29.9. The van der Waals surface area contributed by atoms with Crippen LogP contribution < -0.4 is 20.1 Å². The highest BCUT2D eigenvalue weighted by Crippen LogP contribution is 2.34. The molecule has 8 rings (SSSR count). The van der Waals surface area contributed by atoms with Crippen molar-refractivity contribution in [2.24, 2.45) is 0 Å². The fourth-order valence-electron chi connectivity index (χ4n) is 7.47. The van der Waals surface area contributed by atoms with Crippen LogP contribution >= 0.6 is 0 Å². The van der Waals surface area contributed by atoms with Gasteiger partial charge in [0.2, 0.25) is 23.2 Å². The third-order valence-corrected chi connectivity index (χ3v) is 10.9. The molecule has 0 saturated carbocycles. The van der Waals surface area contributed by atoms with E-state index in [0.29, 0.717) is 67.7 Å². The minimum Gasteiger partial charge on any atom is -0.457 e. The molecule has 0 atom stereocenters. The van der Waals surface area contributed by atoms with Crippen molar-refractivity contribution < 1.29 is 28.6 Å². The number of para-hydroxylation sites is 1. The maximum atomic E-state index is 13.0. The molecule has 2 amide bonds. The zero-order valence-corrected chi connectivity index (χ0v) is 33.6. The fourth-order valence-corrected chi connectivity index (χ4v) is 7.47. The molecule has 2 fully saturated rings. The number of nitrogens with zero attached hydrogens (tertiary/aromatic N) is 9. The fraction of sp³-hybridized carbons (Fsp3) is 0.349. The van der Waals surface area contributed by atoms with Gasteiger partial charge in [-0.05, 0) is 71.7 Å². The second-order valence-corrected chi connectivity index (χ2v) is 15.0. The van der Waals surface area contributed by atoms with Crippen LogP contribution in [0.25, 0.3) is 22.1 Å². The van der Waals surface area contributed by atoms with E-state index >= 15 is 0 Å². The Morgan fingerprint density at radius 1 is 0.836 bits per heavy atom. The lowest BCUT2D eigenvalue weighted by Crippen LogP contribution is -2.50. The number of aromatic nitrogens is 5. The van der Waals surface area contributed by atoms with Gasteiger partial charge in [-0.2, -0.15) is 4.98 Å². The largest absolute Gasteiger partial charge is 0.457 e. The first kappa shape index (κ1) is 40.8. The smallest absolute Gasteiger partial charge is 0.300 e. The summed E-state index contributed by atoms with van der Waals surface area (Å²) in [4.78, 5) is 51.5. The molecule has 2 N–H and O–H groups in total. The molecular formula is C43H47N11O7. The number of nitrogens with one attached hydrogen (secondary N) is 2. The maximum absolute atomic E-state index is 13.0. The number of unbranched alkanes of at least 4 members (excludes halogenated alkanes) is 2. The summed E-state index contributed by atoms with van der Waals surface area (Å²) in [6.07, 6.45) is 10.0. The van der Waals surface area contributed by atoms with E-state index in [1.807, 2.05) is 77.8 Å². The van der Waals surface area contributed by atoms with E-state index in [0.717, 1.165) is 68.8 Å². The molecule has 3 aromatic carbocycles. The summed E-state index contributed by atoms with van der Waals surface area (Å²) in [7, 11) is 0. The number of rotatable bonds is 19. The van der Waals surface area contributed by atoms with Crippen LogP contribution in [-0.4, -0.2) is 122 Å². The molecule has 3 aromatic heterocycles. The van der Waals surface area contributed by atoms with E-state index in [2.05, 4.69) is 45.3 Å². The quantitative estimate of drug-likeness (QED) is 0.0429. The third-order valence-electron chi connectivity index (χ3n) is 10.9. The number of benzene rings is 3. The van der Waals surface area contributed by atoms with Crippen molar-refractivity contribution in [1.82, 2.24) is 44.9 Å². The lowest BCUT2D eigenvalue weighted by molar-refractivity contribution is -0.383. The second kappa shape index (κ2) is 19.4. The van der Waals surface area contributed by atoms with Crippen LogP contribution in [0.15, 0.2) is 102 Å². The average molecular weight is 830 g/mol. The predicted octanol–water partition coefficient (Wildman–Crippen LogP) is 5.81. The summed E-state index contributed by atoms with van der Waals surface area (Å²) >= 11 is 0. The van der Waals surface area contributed by atoms with Gasteiger partial charge >= 0.3 is 5.69 Å². The molecule has 2 aliphatic heterocycles. The topological polar surface area (TPSA) is 199 Å². The lowest BCUT2D eigenvalue weighted by atomic mass is 10.1. The number of ether oxygens (including phenoxy) is 2. The van der Waals surface area contributed by atoms with E-state index < -0.39 is 4.92 Å². The summed E-state index contributed by atoms with van der Waals surface area (Å²) in [5.41, 5.74) is 2.48. The molecule has 61 heavy (non-hydrogen) atoms. The minimum absolute atomic E-state index is 0.00192. The van der Waals surface area contributed by atoms with Crippen molar-refractivity contribution in [2.45, 2.75) is 31.7 Å². The van der Waals surface area contributed by atoms with Gasteiger partial charge in [0.15, 0.2) is 5.52 Å². The summed E-state index contributed by atoms with van der Waals surface area (Å²) in [6.45, 7) is 7.48. The van der Waals surface area contributed by atoms with Crippen LogP contribution in [0.2, 0.25) is 0 Å². The second-order valence-electron chi connectivity index (χ2n) is 15.0. The van der Waals surface area contributed by atoms with Gasteiger partial charge in [-0.15, -0.1) is 0 Å². The van der Waals surface area contributed by atoms with Crippen molar-refractivity contribution in [2.75, 3.05) is 70.8 Å². The van der Waals surface area contributed by atoms with Gasteiger partial charge in [-0.3, -0.25) is 29.5 Å². The van der Waals surface area contributed by atoms with E-state index in [-0.39, 0.29) is 29.1 Å². The normalized spacial score (nSPS) is 15.0. The molecular weight excluding hydrogens is 783 g/mol. The highest BCUT2D eigenvalue weighted by atomic mass is 16.6. The van der Waals surface area contributed by atoms with Gasteiger partial charge in [0.1, 0.15) is 29.1 Å². The minimum atomic E-state index is -0.515. The Morgan fingerprint density at radius 3 is 2.36 bits per heavy atom. The van der Waals surface area contributed by atoms with Crippen molar-refractivity contribution in [3.05, 3.63) is 108 Å². The van der Waals surface area contributed by atoms with E-state index in [4.69, 9.17) is 14.1 Å². The number of amides is 2. The standard InChI is InChI=1S/C43H47N11O7/c55-38(10-5-2-6-19-44-35-16-17-37(54(57)58)41-40(35)48-61-49-41)45-20-23-51-26-24-50(25-27-51)21-7-11-39(56)52-28-31(29-52)53-22-18-36-42(53)43(47-30-46-36)60-34-14-12-33(13-15-34)59-32-8-3-1-4-9-32/h1,3-4,7-9,11-18,22,30-31,44H,2,5-6,10,19-21,23-29H2,(H,45,55). The molecule has 0 bridgehead atoms. The van der Waals surface area contributed by atoms with Crippen molar-refractivity contribution >= 4 is 45.3 Å². The molecule has 5 heterocycles. The maximum Gasteiger partial charge on any atom is 0.300 e. The molecule has 0 spiro atoms. The first-order valence-electron chi connectivity index (χ1n) is 20.5. The Labute approximate surface area is 351 Å². The first-order valence-corrected chi connectivity index (χ1v) is 20.5. The summed E-state index contributed by atoms with van der Waals surface area (Å²) < 4.78 is 18.9. The van der Waals surface area contributed by atoms with Crippen LogP contribution in [-0.2, 0) is 9.59 Å². The van der Waals surface area contributed by atoms with E-state index in [9.17, 15) is 19.7 Å². The zero-order valence-electron chi connectivity index (χ0n) is 33.6. The Hall–Kier alpha value is -6.92. The Balaban J connectivity index is 0.689. The summed E-state index contributed by atoms with van der Waals surface area (Å²) in [6, 6.07) is 22.0. The molecule has 6 aromatic rings. The predicted molar refractivity (Wildman–Crippen MR) is 227 cm³/mol. The van der Waals surface area contributed by atoms with Crippen LogP contribution in [0.1, 0.15) is 31.7 Å². The number of carbonyl (C=O) groups excluding carboxylic acids is 2. The van der Waals surface area contributed by atoms with Crippen LogP contribution in [0.5, 0.6) is 23.1 Å². The van der Waals surface area contributed by atoms with Crippen LogP contribution in [0.4, 0.5) is 11.4 Å². The summed E-state index contributed by atoms with van der Waals surface area (Å²) in [5, 5.41) is 24.9. The van der Waals surface area contributed by atoms with Gasteiger partial charge in [0.25, 0.3) is 0 Å². The molecule has 18 heteroatoms. The number of piperazine rings is 1. The molecule has 2 saturated heterocycles. The number of non-ortho nitro benzene ring substituents is 1. The highest BCUT2D eigenvalue weighted by Gasteiger charge is 2.32. The number of fused-ring (bicyclic) bond motifs is 2. The van der Waals surface area contributed by atoms with Gasteiger partial charge in [0, 0.05) is 90.2 Å². The van der Waals surface area contributed by atoms with Gasteiger partial charge in [-0.1, -0.05) is 30.7 Å². The lowest BCUT2D eigenvalue weighted by Gasteiger charge is -2.40. The number of hydrogen-bond acceptors (Lipinski definition) is 14. The van der Waals surface area contributed by atoms with E-state index in [1.54, 1.807) is 12.1 Å². The average Bonchev–Trinajstić information content (AvgIpc) is 3.92. The summed E-state index contributed by atoms with van der Waals surface area (Å²) in [5.74, 6) is 2.58. The number of anilines is 1. The number of carbonyl (C=O) groups is 2. The molecule has 2 aliphatic rings. The molecule has 0 unspecified atom stereocenters.